The van der Waals surface area contributed by atoms with E-state index >= 15 is 0 Å². The van der Waals surface area contributed by atoms with Crippen LogP contribution in [-0.4, -0.2) is 93.5 Å². The van der Waals surface area contributed by atoms with Gasteiger partial charge in [-0.3, -0.25) is 9.80 Å². The van der Waals surface area contributed by atoms with Gasteiger partial charge in [0.15, 0.2) is 0 Å². The first-order chi connectivity index (χ1) is 19.4. The summed E-state index contributed by atoms with van der Waals surface area (Å²) in [5.41, 5.74) is 4.04. The quantitative estimate of drug-likeness (QED) is 0.166. The van der Waals surface area contributed by atoms with Crippen LogP contribution in [0.1, 0.15) is 36.9 Å². The molecule has 1 aliphatic rings. The molecule has 10 heteroatoms. The first kappa shape index (κ1) is 29.4. The molecule has 10 nitrogen and oxygen atoms in total. The molecule has 1 aromatic carbocycles. The number of carbonyl (C=O) groups is 1. The molecule has 0 unspecified atom stereocenters. The molecule has 2 aromatic heterocycles. The van der Waals surface area contributed by atoms with E-state index in [0.717, 1.165) is 68.0 Å². The summed E-state index contributed by atoms with van der Waals surface area (Å²) in [7, 11) is 3.67. The maximum atomic E-state index is 12.1. The first-order valence-corrected chi connectivity index (χ1v) is 14.1. The third-order valence-corrected chi connectivity index (χ3v) is 7.22. The van der Waals surface area contributed by atoms with Gasteiger partial charge in [-0.1, -0.05) is 36.4 Å². The number of unbranched alkanes of at least 4 members (excludes halogenated alkanes) is 1. The van der Waals surface area contributed by atoms with Gasteiger partial charge in [0.2, 0.25) is 0 Å². The minimum atomic E-state index is -0.944. The highest BCUT2D eigenvalue weighted by Gasteiger charge is 2.21. The number of anilines is 2. The van der Waals surface area contributed by atoms with Gasteiger partial charge in [-0.05, 0) is 70.8 Å². The Morgan fingerprint density at radius 3 is 2.70 bits per heavy atom. The molecular formula is C30H41N7O3. The lowest BCUT2D eigenvalue weighted by Crippen LogP contribution is -2.43. The lowest BCUT2D eigenvalue weighted by Gasteiger charge is -2.29. The van der Waals surface area contributed by atoms with E-state index in [0.29, 0.717) is 25.3 Å². The number of aliphatic carboxylic acids is 1. The normalized spacial score (nSPS) is 14.4. The van der Waals surface area contributed by atoms with Crippen LogP contribution in [0.15, 0.2) is 54.9 Å². The molecule has 40 heavy (non-hydrogen) atoms. The molecule has 0 amide bonds. The molecule has 4 N–H and O–H groups in total. The van der Waals surface area contributed by atoms with Crippen molar-refractivity contribution in [1.82, 2.24) is 24.8 Å². The van der Waals surface area contributed by atoms with Crippen molar-refractivity contribution in [3.63, 3.8) is 0 Å². The molecule has 4 rings (SSSR count). The molecule has 0 spiro atoms. The van der Waals surface area contributed by atoms with Crippen LogP contribution in [0.4, 0.5) is 11.6 Å². The molecule has 0 saturated carbocycles. The van der Waals surface area contributed by atoms with Crippen molar-refractivity contribution in [2.24, 2.45) is 0 Å². The Morgan fingerprint density at radius 2 is 1.93 bits per heavy atom. The second kappa shape index (κ2) is 14.7. The van der Waals surface area contributed by atoms with Crippen molar-refractivity contribution < 1.29 is 15.0 Å². The molecule has 0 fully saturated rings. The summed E-state index contributed by atoms with van der Waals surface area (Å²) >= 11 is 0. The van der Waals surface area contributed by atoms with Crippen molar-refractivity contribution >= 4 is 17.6 Å². The van der Waals surface area contributed by atoms with Crippen molar-refractivity contribution in [2.45, 2.75) is 50.8 Å². The van der Waals surface area contributed by atoms with E-state index in [9.17, 15) is 15.0 Å². The number of likely N-dealkylation sites (N-methyl/N-ethyl adjacent to an activating group) is 1. The number of fused-ring (bicyclic) bond motifs is 1. The minimum absolute atomic E-state index is 0.359. The van der Waals surface area contributed by atoms with Crippen LogP contribution >= 0.6 is 0 Å². The minimum Gasteiger partial charge on any atom is -0.480 e. The fourth-order valence-electron chi connectivity index (χ4n) is 4.79. The predicted molar refractivity (Wildman–Crippen MR) is 157 cm³/mol. The second-order valence-electron chi connectivity index (χ2n) is 10.5. The second-order valence-corrected chi connectivity index (χ2v) is 10.5. The average molecular weight is 548 g/mol. The van der Waals surface area contributed by atoms with E-state index in [1.807, 2.05) is 44.4 Å². The highest BCUT2D eigenvalue weighted by molar-refractivity contribution is 5.77. The van der Waals surface area contributed by atoms with Crippen LogP contribution < -0.4 is 10.6 Å². The van der Waals surface area contributed by atoms with Gasteiger partial charge < -0.3 is 20.8 Å². The number of nitrogens with one attached hydrogen (secondary N) is 2. The van der Waals surface area contributed by atoms with E-state index in [2.05, 4.69) is 37.6 Å². The summed E-state index contributed by atoms with van der Waals surface area (Å²) < 4.78 is 0. The van der Waals surface area contributed by atoms with Gasteiger partial charge in [0.05, 0.1) is 5.69 Å². The third-order valence-electron chi connectivity index (χ3n) is 7.22. The smallest absolute Gasteiger partial charge is 0.326 e. The Bertz CT molecular complexity index is 1220. The zero-order valence-corrected chi connectivity index (χ0v) is 23.5. The van der Waals surface area contributed by atoms with Crippen LogP contribution in [0.2, 0.25) is 0 Å². The molecule has 0 aliphatic carbocycles. The summed E-state index contributed by atoms with van der Waals surface area (Å²) in [6, 6.07) is 14.9. The van der Waals surface area contributed by atoms with Crippen LogP contribution in [0, 0.1) is 0 Å². The van der Waals surface area contributed by atoms with Crippen molar-refractivity contribution in [3.05, 3.63) is 66.1 Å². The first-order valence-electron chi connectivity index (χ1n) is 14.1. The summed E-state index contributed by atoms with van der Waals surface area (Å²) in [6.07, 6.45) is 6.16. The lowest BCUT2D eigenvalue weighted by molar-refractivity contribution is -0.138. The molecule has 0 saturated heterocycles. The zero-order chi connectivity index (χ0) is 28.3. The standard InChI is InChI=1S/C30H41N7O3/c1-36(2)28(38)20-37(17-7-6-12-24-14-13-23-11-8-16-31-29(23)34-24)18-15-25(30(39)40)35-27-19-26(32-21-33-27)22-9-4-3-5-10-22/h3-5,9-10,13-14,19,21,25,28,38H,6-8,11-12,15-18,20H2,1-2H3,(H,31,34)(H,39,40)(H,32,33,35)/t25-,28-/m0/s1. The van der Waals surface area contributed by atoms with Gasteiger partial charge in [0, 0.05) is 37.0 Å². The number of pyridine rings is 1. The molecular weight excluding hydrogens is 506 g/mol. The highest BCUT2D eigenvalue weighted by Crippen LogP contribution is 2.21. The number of nitrogens with zero attached hydrogens (tertiary/aromatic N) is 5. The Labute approximate surface area is 236 Å². The Kier molecular flexibility index (Phi) is 10.8. The molecule has 3 heterocycles. The monoisotopic (exact) mass is 547 g/mol. The van der Waals surface area contributed by atoms with E-state index in [4.69, 9.17) is 4.98 Å². The van der Waals surface area contributed by atoms with Crippen molar-refractivity contribution in [3.8, 4) is 11.3 Å². The van der Waals surface area contributed by atoms with Gasteiger partial charge in [-0.15, -0.1) is 0 Å². The number of aryl methyl sites for hydroxylation is 2. The molecule has 0 bridgehead atoms. The number of carboxylic acids is 1. The van der Waals surface area contributed by atoms with Crippen molar-refractivity contribution in [1.29, 1.82) is 0 Å². The molecule has 0 radical (unpaired) electrons. The number of carboxylic acid groups (broad SMARTS) is 1. The zero-order valence-electron chi connectivity index (χ0n) is 23.5. The topological polar surface area (TPSA) is 127 Å². The van der Waals surface area contributed by atoms with Crippen LogP contribution in [0.5, 0.6) is 0 Å². The molecule has 2 atom stereocenters. The molecule has 214 valence electrons. The van der Waals surface area contributed by atoms with E-state index in [1.54, 1.807) is 11.0 Å². The number of aliphatic hydroxyl groups is 1. The Balaban J connectivity index is 1.32. The summed E-state index contributed by atoms with van der Waals surface area (Å²) in [4.78, 5) is 29.4. The third kappa shape index (κ3) is 8.70. The number of aliphatic hydroxyl groups excluding tert-OH is 1. The van der Waals surface area contributed by atoms with Crippen LogP contribution in [-0.2, 0) is 17.6 Å². The summed E-state index contributed by atoms with van der Waals surface area (Å²) in [6.45, 7) is 2.69. The van der Waals surface area contributed by atoms with E-state index in [1.165, 1.54) is 11.9 Å². The Hall–Kier alpha value is -3.60. The predicted octanol–water partition coefficient (Wildman–Crippen LogP) is 3.36. The fourth-order valence-corrected chi connectivity index (χ4v) is 4.79. The average Bonchev–Trinajstić information content (AvgIpc) is 2.97. The van der Waals surface area contributed by atoms with Gasteiger partial charge in [-0.2, -0.15) is 0 Å². The highest BCUT2D eigenvalue weighted by atomic mass is 16.4. The van der Waals surface area contributed by atoms with Gasteiger partial charge in [0.1, 0.15) is 30.2 Å². The van der Waals surface area contributed by atoms with E-state index < -0.39 is 18.2 Å². The SMILES string of the molecule is CN(C)[C@@H](O)CN(CCCCc1ccc2c(n1)NCCC2)CC[C@H](Nc1cc(-c2ccccc2)ncn1)C(=O)O. The Morgan fingerprint density at radius 1 is 1.10 bits per heavy atom. The largest absolute Gasteiger partial charge is 0.480 e. The molecule has 1 aliphatic heterocycles. The lowest BCUT2D eigenvalue weighted by atomic mass is 10.1. The fraction of sp³-hybridized carbons (Fsp3) is 0.467. The number of hydrogen-bond donors (Lipinski definition) is 4. The van der Waals surface area contributed by atoms with E-state index in [-0.39, 0.29) is 0 Å². The summed E-state index contributed by atoms with van der Waals surface area (Å²) in [5.74, 6) is 0.541. The van der Waals surface area contributed by atoms with Gasteiger partial charge in [-0.25, -0.2) is 19.7 Å². The molecule has 3 aromatic rings. The number of hydrogen-bond acceptors (Lipinski definition) is 9. The van der Waals surface area contributed by atoms with Gasteiger partial charge >= 0.3 is 5.97 Å². The number of benzene rings is 1. The van der Waals surface area contributed by atoms with Crippen LogP contribution in [0.3, 0.4) is 0 Å². The van der Waals surface area contributed by atoms with Crippen molar-refractivity contribution in [2.75, 3.05) is 50.9 Å². The number of aromatic nitrogens is 3. The summed E-state index contributed by atoms with van der Waals surface area (Å²) in [5, 5.41) is 26.9. The van der Waals surface area contributed by atoms with Gasteiger partial charge in [0.25, 0.3) is 0 Å². The van der Waals surface area contributed by atoms with Crippen LogP contribution in [0.25, 0.3) is 11.3 Å². The maximum Gasteiger partial charge on any atom is 0.326 e. The number of rotatable bonds is 15. The maximum absolute atomic E-state index is 12.1.